The summed E-state index contributed by atoms with van der Waals surface area (Å²) >= 11 is 5.86. The summed E-state index contributed by atoms with van der Waals surface area (Å²) in [5, 5.41) is 8.03. The third-order valence-corrected chi connectivity index (χ3v) is 5.17. The van der Waals surface area contributed by atoms with Crippen LogP contribution in [0.25, 0.3) is 16.7 Å². The average Bonchev–Trinajstić information content (AvgIpc) is 3.17. The standard InChI is InChI=1S/C22H19ClFN5O2/c1-14-27-21-19(13-26-29(21)18-8-6-17(24)7-9-18)22(31)28(14)11-10-20(30)25-12-15-2-4-16(23)5-3-15/h2-9,13H,10-12H2,1H3,(H,25,30). The molecule has 2 heterocycles. The molecule has 0 unspecified atom stereocenters. The Labute approximate surface area is 182 Å². The van der Waals surface area contributed by atoms with Crippen LogP contribution in [0.1, 0.15) is 17.8 Å². The van der Waals surface area contributed by atoms with Crippen molar-refractivity contribution in [3.05, 3.63) is 87.3 Å². The number of nitrogens with one attached hydrogen (secondary N) is 1. The number of nitrogens with zero attached hydrogens (tertiary/aromatic N) is 4. The second-order valence-corrected chi connectivity index (χ2v) is 7.48. The lowest BCUT2D eigenvalue weighted by atomic mass is 10.2. The predicted molar refractivity (Wildman–Crippen MR) is 116 cm³/mol. The zero-order valence-corrected chi connectivity index (χ0v) is 17.4. The van der Waals surface area contributed by atoms with Gasteiger partial charge >= 0.3 is 0 Å². The molecule has 0 aliphatic rings. The Bertz CT molecular complexity index is 1300. The molecule has 4 aromatic rings. The van der Waals surface area contributed by atoms with Gasteiger partial charge in [-0.05, 0) is 48.9 Å². The summed E-state index contributed by atoms with van der Waals surface area (Å²) in [6.07, 6.45) is 1.57. The van der Waals surface area contributed by atoms with E-state index in [1.165, 1.54) is 27.6 Å². The molecule has 0 atom stereocenters. The Balaban J connectivity index is 1.49. The number of rotatable bonds is 6. The fourth-order valence-corrected chi connectivity index (χ4v) is 3.37. The van der Waals surface area contributed by atoms with E-state index in [-0.39, 0.29) is 30.2 Å². The van der Waals surface area contributed by atoms with Gasteiger partial charge in [0.25, 0.3) is 5.56 Å². The lowest BCUT2D eigenvalue weighted by Crippen LogP contribution is -2.29. The lowest BCUT2D eigenvalue weighted by Gasteiger charge is -2.11. The van der Waals surface area contributed by atoms with Gasteiger partial charge in [0.05, 0.1) is 11.9 Å². The number of aromatic nitrogens is 4. The van der Waals surface area contributed by atoms with Crippen LogP contribution in [0.5, 0.6) is 0 Å². The van der Waals surface area contributed by atoms with Gasteiger partial charge in [-0.1, -0.05) is 23.7 Å². The summed E-state index contributed by atoms with van der Waals surface area (Å²) in [7, 11) is 0. The van der Waals surface area contributed by atoms with Crippen LogP contribution in [0.2, 0.25) is 5.02 Å². The molecule has 0 saturated carbocycles. The molecule has 0 fully saturated rings. The fraction of sp³-hybridized carbons (Fsp3) is 0.182. The van der Waals surface area contributed by atoms with Crippen molar-refractivity contribution < 1.29 is 9.18 Å². The molecule has 0 radical (unpaired) electrons. The predicted octanol–water partition coefficient (Wildman–Crippen LogP) is 3.39. The van der Waals surface area contributed by atoms with Crippen LogP contribution < -0.4 is 10.9 Å². The summed E-state index contributed by atoms with van der Waals surface area (Å²) in [6, 6.07) is 13.0. The normalized spacial score (nSPS) is 11.1. The number of halogens is 2. The maximum Gasteiger partial charge on any atom is 0.264 e. The second kappa shape index (κ2) is 8.69. The van der Waals surface area contributed by atoms with E-state index in [1.807, 2.05) is 12.1 Å². The molecule has 31 heavy (non-hydrogen) atoms. The first-order valence-corrected chi connectivity index (χ1v) is 10.0. The zero-order valence-electron chi connectivity index (χ0n) is 16.7. The van der Waals surface area contributed by atoms with Gasteiger partial charge in [-0.25, -0.2) is 14.1 Å². The summed E-state index contributed by atoms with van der Waals surface area (Å²) in [6.45, 7) is 2.28. The minimum absolute atomic E-state index is 0.133. The average molecular weight is 440 g/mol. The molecule has 7 nitrogen and oxygen atoms in total. The van der Waals surface area contributed by atoms with Crippen molar-refractivity contribution in [2.75, 3.05) is 0 Å². The van der Waals surface area contributed by atoms with Crippen LogP contribution in [0.3, 0.4) is 0 Å². The molecular weight excluding hydrogens is 421 g/mol. The molecule has 4 rings (SSSR count). The maximum atomic E-state index is 13.2. The van der Waals surface area contributed by atoms with Gasteiger partial charge in [-0.2, -0.15) is 5.10 Å². The van der Waals surface area contributed by atoms with E-state index in [0.717, 1.165) is 5.56 Å². The van der Waals surface area contributed by atoms with Crippen LogP contribution in [-0.2, 0) is 17.9 Å². The van der Waals surface area contributed by atoms with Gasteiger partial charge in [-0.3, -0.25) is 14.2 Å². The number of carbonyl (C=O) groups excluding carboxylic acids is 1. The molecule has 0 aliphatic carbocycles. The van der Waals surface area contributed by atoms with Crippen molar-refractivity contribution >= 4 is 28.5 Å². The molecule has 1 N–H and O–H groups in total. The first kappa shape index (κ1) is 20.7. The van der Waals surface area contributed by atoms with Gasteiger partial charge in [-0.15, -0.1) is 0 Å². The number of amides is 1. The van der Waals surface area contributed by atoms with E-state index < -0.39 is 0 Å². The third kappa shape index (κ3) is 4.49. The molecule has 9 heteroatoms. The number of aryl methyl sites for hydroxylation is 1. The van der Waals surface area contributed by atoms with E-state index in [9.17, 15) is 14.0 Å². The Morgan fingerprint density at radius 3 is 2.55 bits per heavy atom. The van der Waals surface area contributed by atoms with Crippen molar-refractivity contribution in [3.8, 4) is 5.69 Å². The Morgan fingerprint density at radius 2 is 1.84 bits per heavy atom. The van der Waals surface area contributed by atoms with Crippen LogP contribution in [0.4, 0.5) is 4.39 Å². The van der Waals surface area contributed by atoms with Crippen LogP contribution in [-0.4, -0.2) is 25.2 Å². The number of hydrogen-bond acceptors (Lipinski definition) is 4. The van der Waals surface area contributed by atoms with Crippen molar-refractivity contribution in [3.63, 3.8) is 0 Å². The topological polar surface area (TPSA) is 81.8 Å². The molecule has 2 aromatic heterocycles. The fourth-order valence-electron chi connectivity index (χ4n) is 3.25. The highest BCUT2D eigenvalue weighted by atomic mass is 35.5. The second-order valence-electron chi connectivity index (χ2n) is 7.04. The zero-order chi connectivity index (χ0) is 22.0. The van der Waals surface area contributed by atoms with Gasteiger partial charge in [0.2, 0.25) is 5.91 Å². The van der Waals surface area contributed by atoms with Gasteiger partial charge in [0.15, 0.2) is 5.65 Å². The van der Waals surface area contributed by atoms with Crippen molar-refractivity contribution in [2.45, 2.75) is 26.4 Å². The molecule has 0 spiro atoms. The van der Waals surface area contributed by atoms with Gasteiger partial charge < -0.3 is 5.32 Å². The first-order valence-electron chi connectivity index (χ1n) is 9.64. The minimum Gasteiger partial charge on any atom is -0.352 e. The molecular formula is C22H19ClFN5O2. The molecule has 0 bridgehead atoms. The number of hydrogen-bond donors (Lipinski definition) is 1. The van der Waals surface area contributed by atoms with E-state index >= 15 is 0 Å². The molecule has 0 aliphatic heterocycles. The number of benzene rings is 2. The van der Waals surface area contributed by atoms with Gasteiger partial charge in [0, 0.05) is 24.5 Å². The summed E-state index contributed by atoms with van der Waals surface area (Å²) < 4.78 is 16.2. The first-order chi connectivity index (χ1) is 14.9. The van der Waals surface area contributed by atoms with Gasteiger partial charge in [0.1, 0.15) is 17.0 Å². The van der Waals surface area contributed by atoms with Crippen LogP contribution in [0, 0.1) is 12.7 Å². The Hall–Kier alpha value is -3.52. The number of fused-ring (bicyclic) bond motifs is 1. The summed E-state index contributed by atoms with van der Waals surface area (Å²) in [5.74, 6) is -0.0729. The molecule has 1 amide bonds. The third-order valence-electron chi connectivity index (χ3n) is 4.91. The van der Waals surface area contributed by atoms with E-state index in [1.54, 1.807) is 31.2 Å². The maximum absolute atomic E-state index is 13.2. The highest BCUT2D eigenvalue weighted by molar-refractivity contribution is 6.30. The van der Waals surface area contributed by atoms with Crippen molar-refractivity contribution in [1.29, 1.82) is 0 Å². The van der Waals surface area contributed by atoms with Crippen molar-refractivity contribution in [2.24, 2.45) is 0 Å². The van der Waals surface area contributed by atoms with E-state index in [2.05, 4.69) is 15.4 Å². The van der Waals surface area contributed by atoms with Crippen LogP contribution >= 0.6 is 11.6 Å². The monoisotopic (exact) mass is 439 g/mol. The largest absolute Gasteiger partial charge is 0.352 e. The molecule has 0 saturated heterocycles. The minimum atomic E-state index is -0.360. The number of carbonyl (C=O) groups is 1. The quantitative estimate of drug-likeness (QED) is 0.499. The highest BCUT2D eigenvalue weighted by Crippen LogP contribution is 2.15. The summed E-state index contributed by atoms with van der Waals surface area (Å²) in [4.78, 5) is 29.7. The Morgan fingerprint density at radius 1 is 1.13 bits per heavy atom. The summed E-state index contributed by atoms with van der Waals surface area (Å²) in [5.41, 5.74) is 1.64. The van der Waals surface area contributed by atoms with E-state index in [4.69, 9.17) is 11.6 Å². The smallest absolute Gasteiger partial charge is 0.264 e. The van der Waals surface area contributed by atoms with E-state index in [0.29, 0.717) is 34.1 Å². The van der Waals surface area contributed by atoms with Crippen molar-refractivity contribution in [1.82, 2.24) is 24.6 Å². The lowest BCUT2D eigenvalue weighted by molar-refractivity contribution is -0.121. The molecule has 2 aromatic carbocycles. The van der Waals surface area contributed by atoms with Crippen LogP contribution in [0.15, 0.2) is 59.5 Å². The molecule has 158 valence electrons. The SMILES string of the molecule is Cc1nc2c(cnn2-c2ccc(F)cc2)c(=O)n1CCC(=O)NCc1ccc(Cl)cc1. The highest BCUT2D eigenvalue weighted by Gasteiger charge is 2.15. The Kier molecular flexibility index (Phi) is 5.81.